The van der Waals surface area contributed by atoms with Crippen LogP contribution in [0.2, 0.25) is 0 Å². The molecule has 2 heterocycles. The first-order valence-corrected chi connectivity index (χ1v) is 15.3. The number of benzene rings is 2. The molecule has 0 saturated carbocycles. The zero-order valence-corrected chi connectivity index (χ0v) is 24.7. The van der Waals surface area contributed by atoms with E-state index in [1.807, 2.05) is 27.0 Å². The molecular formula is C31H35F3N4O3S. The summed E-state index contributed by atoms with van der Waals surface area (Å²) in [6.45, 7) is 5.62. The standard InChI is InChI=1S/C31H35F3N4O3S/c1-19-15-26(16-20(2)35-19)38-13-11-25(12-14-38)37(3)30(39)23-8-7-21-9-10-28(27(21)18-23)36-29(42(40)41)22-5-4-6-24(17-22)31(32,33)34/h4-8,15-18,25,28-29,36,42H,9-14H2,1-3H3. The van der Waals surface area contributed by atoms with Crippen molar-refractivity contribution >= 4 is 22.3 Å². The Labute approximate surface area is 245 Å². The van der Waals surface area contributed by atoms with Crippen molar-refractivity contribution in [1.29, 1.82) is 0 Å². The largest absolute Gasteiger partial charge is 0.416 e. The molecule has 1 fully saturated rings. The van der Waals surface area contributed by atoms with Crippen LogP contribution in [0, 0.1) is 13.8 Å². The molecule has 1 amide bonds. The third-order valence-corrected chi connectivity index (χ3v) is 9.20. The predicted octanol–water partition coefficient (Wildman–Crippen LogP) is 5.35. The minimum Gasteiger partial charge on any atom is -0.371 e. The van der Waals surface area contributed by atoms with Gasteiger partial charge in [0.25, 0.3) is 5.91 Å². The second kappa shape index (κ2) is 12.0. The van der Waals surface area contributed by atoms with Gasteiger partial charge in [-0.05, 0) is 92.6 Å². The summed E-state index contributed by atoms with van der Waals surface area (Å²) in [5.74, 6) is -0.109. The van der Waals surface area contributed by atoms with Gasteiger partial charge in [-0.25, -0.2) is 8.42 Å². The molecule has 2 unspecified atom stereocenters. The van der Waals surface area contributed by atoms with Gasteiger partial charge in [0.2, 0.25) is 0 Å². The molecule has 2 aromatic carbocycles. The molecule has 3 aromatic rings. The lowest BCUT2D eigenvalue weighted by Crippen LogP contribution is -2.45. The highest BCUT2D eigenvalue weighted by Crippen LogP contribution is 2.36. The maximum Gasteiger partial charge on any atom is 0.416 e. The third kappa shape index (κ3) is 6.47. The Balaban J connectivity index is 1.28. The van der Waals surface area contributed by atoms with Crippen molar-refractivity contribution in [3.8, 4) is 0 Å². The minimum atomic E-state index is -4.58. The first kappa shape index (κ1) is 30.0. The number of nitrogens with zero attached hydrogens (tertiary/aromatic N) is 3. The highest BCUT2D eigenvalue weighted by Gasteiger charge is 2.33. The summed E-state index contributed by atoms with van der Waals surface area (Å²) in [6.07, 6.45) is -1.67. The van der Waals surface area contributed by atoms with E-state index in [-0.39, 0.29) is 17.5 Å². The molecule has 0 spiro atoms. The van der Waals surface area contributed by atoms with Crippen LogP contribution in [0.1, 0.15) is 74.7 Å². The number of pyridine rings is 1. The Bertz CT molecular complexity index is 1520. The number of aryl methyl sites for hydroxylation is 3. The quantitative estimate of drug-likeness (QED) is 0.356. The molecule has 5 rings (SSSR count). The fourth-order valence-corrected chi connectivity index (χ4v) is 6.84. The van der Waals surface area contributed by atoms with Gasteiger partial charge < -0.3 is 9.80 Å². The highest BCUT2D eigenvalue weighted by molar-refractivity contribution is 7.72. The van der Waals surface area contributed by atoms with E-state index < -0.39 is 33.9 Å². The van der Waals surface area contributed by atoms with Crippen molar-refractivity contribution in [3.63, 3.8) is 0 Å². The number of thiol groups is 1. The molecule has 2 aliphatic rings. The lowest BCUT2D eigenvalue weighted by molar-refractivity contribution is -0.137. The second-order valence-electron chi connectivity index (χ2n) is 11.2. The van der Waals surface area contributed by atoms with Crippen molar-refractivity contribution in [1.82, 2.24) is 15.2 Å². The number of fused-ring (bicyclic) bond motifs is 1. The van der Waals surface area contributed by atoms with E-state index in [1.165, 1.54) is 12.1 Å². The van der Waals surface area contributed by atoms with Crippen molar-refractivity contribution in [3.05, 3.63) is 93.8 Å². The van der Waals surface area contributed by atoms with Crippen LogP contribution >= 0.6 is 0 Å². The molecule has 2 atom stereocenters. The molecular weight excluding hydrogens is 565 g/mol. The molecule has 224 valence electrons. The molecule has 1 saturated heterocycles. The fourth-order valence-electron chi connectivity index (χ4n) is 6.14. The van der Waals surface area contributed by atoms with Crippen LogP contribution in [0.25, 0.3) is 0 Å². The molecule has 0 bridgehead atoms. The molecule has 1 N–H and O–H groups in total. The number of carbonyl (C=O) groups excluding carboxylic acids is 1. The Morgan fingerprint density at radius 2 is 1.71 bits per heavy atom. The van der Waals surface area contributed by atoms with Gasteiger partial charge >= 0.3 is 6.18 Å². The number of carbonyl (C=O) groups is 1. The number of anilines is 1. The van der Waals surface area contributed by atoms with E-state index in [0.717, 1.165) is 66.3 Å². The fraction of sp³-hybridized carbons (Fsp3) is 0.419. The van der Waals surface area contributed by atoms with E-state index in [2.05, 4.69) is 27.3 Å². The third-order valence-electron chi connectivity index (χ3n) is 8.33. The highest BCUT2D eigenvalue weighted by atomic mass is 32.2. The summed E-state index contributed by atoms with van der Waals surface area (Å²) >= 11 is 0. The number of amides is 1. The van der Waals surface area contributed by atoms with Crippen molar-refractivity contribution in [2.45, 2.75) is 63.2 Å². The summed E-state index contributed by atoms with van der Waals surface area (Å²) in [5, 5.41) is 1.76. The van der Waals surface area contributed by atoms with Crippen LogP contribution in [0.5, 0.6) is 0 Å². The monoisotopic (exact) mass is 600 g/mol. The predicted molar refractivity (Wildman–Crippen MR) is 156 cm³/mol. The van der Waals surface area contributed by atoms with Gasteiger partial charge in [0.15, 0.2) is 10.7 Å². The van der Waals surface area contributed by atoms with Crippen LogP contribution in [0.4, 0.5) is 18.9 Å². The lowest BCUT2D eigenvalue weighted by Gasteiger charge is -2.38. The smallest absolute Gasteiger partial charge is 0.371 e. The normalized spacial score (nSPS) is 18.3. The topological polar surface area (TPSA) is 82.6 Å². The molecule has 42 heavy (non-hydrogen) atoms. The average molecular weight is 601 g/mol. The van der Waals surface area contributed by atoms with Crippen molar-refractivity contribution in [2.24, 2.45) is 0 Å². The Morgan fingerprint density at radius 3 is 2.36 bits per heavy atom. The molecule has 0 radical (unpaired) electrons. The molecule has 7 nitrogen and oxygen atoms in total. The number of piperidine rings is 1. The van der Waals surface area contributed by atoms with Crippen LogP contribution in [0.3, 0.4) is 0 Å². The minimum absolute atomic E-state index is 0.0322. The number of alkyl halides is 3. The summed E-state index contributed by atoms with van der Waals surface area (Å²) in [4.78, 5) is 22.1. The maximum absolute atomic E-state index is 13.6. The second-order valence-corrected chi connectivity index (χ2v) is 12.3. The first-order chi connectivity index (χ1) is 19.9. The molecule has 11 heteroatoms. The number of halogens is 3. The number of rotatable bonds is 7. The van der Waals surface area contributed by atoms with E-state index >= 15 is 0 Å². The van der Waals surface area contributed by atoms with E-state index in [4.69, 9.17) is 0 Å². The molecule has 1 aliphatic carbocycles. The Kier molecular flexibility index (Phi) is 8.61. The summed E-state index contributed by atoms with van der Waals surface area (Å²) in [5.41, 5.74) is 4.54. The van der Waals surface area contributed by atoms with Gasteiger partial charge in [0, 0.05) is 54.9 Å². The van der Waals surface area contributed by atoms with Crippen LogP contribution in [-0.4, -0.2) is 50.4 Å². The first-order valence-electron chi connectivity index (χ1n) is 14.1. The summed E-state index contributed by atoms with van der Waals surface area (Å²) < 4.78 is 64.2. The average Bonchev–Trinajstić information content (AvgIpc) is 3.36. The lowest BCUT2D eigenvalue weighted by atomic mass is 10.00. The van der Waals surface area contributed by atoms with Crippen molar-refractivity contribution < 1.29 is 26.4 Å². The molecule has 1 aliphatic heterocycles. The van der Waals surface area contributed by atoms with E-state index in [1.54, 1.807) is 17.0 Å². The Hall–Kier alpha value is -3.44. The van der Waals surface area contributed by atoms with Gasteiger partial charge in [0.1, 0.15) is 5.37 Å². The van der Waals surface area contributed by atoms with E-state index in [0.29, 0.717) is 18.4 Å². The van der Waals surface area contributed by atoms with Crippen LogP contribution in [0.15, 0.2) is 54.6 Å². The SMILES string of the molecule is Cc1cc(N2CCC(N(C)C(=O)c3ccc4c(c3)C(NC(c3cccc(C(F)(F)F)c3)[SH](=O)=O)CC4)CC2)cc(C)n1. The van der Waals surface area contributed by atoms with Gasteiger partial charge in [-0.15, -0.1) is 0 Å². The number of nitrogens with one attached hydrogen (secondary N) is 1. The van der Waals surface area contributed by atoms with Crippen LogP contribution < -0.4 is 10.2 Å². The summed E-state index contributed by atoms with van der Waals surface area (Å²) in [7, 11) is -1.30. The zero-order chi connectivity index (χ0) is 30.2. The summed E-state index contributed by atoms with van der Waals surface area (Å²) in [6, 6.07) is 13.7. The Morgan fingerprint density at radius 1 is 1.02 bits per heavy atom. The number of hydrogen-bond acceptors (Lipinski definition) is 6. The number of aromatic nitrogens is 1. The molecule has 1 aromatic heterocycles. The van der Waals surface area contributed by atoms with Crippen molar-refractivity contribution in [2.75, 3.05) is 25.0 Å². The van der Waals surface area contributed by atoms with E-state index in [9.17, 15) is 26.4 Å². The van der Waals surface area contributed by atoms with Gasteiger partial charge in [-0.2, -0.15) is 13.2 Å². The zero-order valence-electron chi connectivity index (χ0n) is 23.8. The van der Waals surface area contributed by atoms with Gasteiger partial charge in [0.05, 0.1) is 5.56 Å². The van der Waals surface area contributed by atoms with Gasteiger partial charge in [-0.1, -0.05) is 18.2 Å². The maximum atomic E-state index is 13.6. The van der Waals surface area contributed by atoms with Gasteiger partial charge in [-0.3, -0.25) is 15.1 Å². The van der Waals surface area contributed by atoms with Crippen LogP contribution in [-0.2, 0) is 23.3 Å². The number of hydrogen-bond donors (Lipinski definition) is 2.